The van der Waals surface area contributed by atoms with Crippen molar-refractivity contribution in [2.75, 3.05) is 7.11 Å². The fourth-order valence-corrected chi connectivity index (χ4v) is 3.29. The summed E-state index contributed by atoms with van der Waals surface area (Å²) in [5.41, 5.74) is 2.88. The topological polar surface area (TPSA) is 57.0 Å². The zero-order valence-corrected chi connectivity index (χ0v) is 15.4. The van der Waals surface area contributed by atoms with E-state index in [-0.39, 0.29) is 17.5 Å². The minimum atomic E-state index is -0.569. The van der Waals surface area contributed by atoms with E-state index in [0.29, 0.717) is 6.54 Å². The maximum atomic E-state index is 13.5. The van der Waals surface area contributed by atoms with E-state index in [1.807, 2.05) is 35.0 Å². The summed E-state index contributed by atoms with van der Waals surface area (Å²) in [6.07, 6.45) is 4.87. The molecule has 1 aliphatic heterocycles. The van der Waals surface area contributed by atoms with Gasteiger partial charge in [-0.2, -0.15) is 4.39 Å². The molecule has 3 aromatic rings. The van der Waals surface area contributed by atoms with E-state index in [2.05, 4.69) is 16.8 Å². The third-order valence-corrected chi connectivity index (χ3v) is 4.81. The predicted molar refractivity (Wildman–Crippen MR) is 102 cm³/mol. The number of methoxy groups -OCH3 is 1. The number of aromatic nitrogens is 3. The third-order valence-electron chi connectivity index (χ3n) is 4.81. The maximum absolute atomic E-state index is 13.5. The molecule has 0 spiro atoms. The zero-order valence-electron chi connectivity index (χ0n) is 15.4. The summed E-state index contributed by atoms with van der Waals surface area (Å²) in [6, 6.07) is 10.9. The molecular formula is C22H18FN3O2. The van der Waals surface area contributed by atoms with Crippen molar-refractivity contribution in [2.45, 2.75) is 19.4 Å². The lowest BCUT2D eigenvalue weighted by molar-refractivity contribution is -0.146. The third kappa shape index (κ3) is 3.65. The summed E-state index contributed by atoms with van der Waals surface area (Å²) < 4.78 is 20.4. The van der Waals surface area contributed by atoms with Crippen molar-refractivity contribution in [3.8, 4) is 23.1 Å². The van der Waals surface area contributed by atoms with Gasteiger partial charge in [-0.3, -0.25) is 4.79 Å². The van der Waals surface area contributed by atoms with Gasteiger partial charge in [0.15, 0.2) is 0 Å². The van der Waals surface area contributed by atoms with Crippen LogP contribution in [0.1, 0.15) is 23.4 Å². The Morgan fingerprint density at radius 1 is 1.25 bits per heavy atom. The summed E-state index contributed by atoms with van der Waals surface area (Å²) >= 11 is 0. The molecule has 0 saturated carbocycles. The first-order valence-corrected chi connectivity index (χ1v) is 9.01. The summed E-state index contributed by atoms with van der Waals surface area (Å²) in [5, 5.41) is 0. The number of rotatable bonds is 2. The minimum Gasteiger partial charge on any atom is -0.469 e. The van der Waals surface area contributed by atoms with Crippen LogP contribution in [0.4, 0.5) is 4.39 Å². The highest BCUT2D eigenvalue weighted by atomic mass is 19.1. The monoisotopic (exact) mass is 375 g/mol. The fourth-order valence-electron chi connectivity index (χ4n) is 3.29. The molecule has 28 heavy (non-hydrogen) atoms. The quantitative estimate of drug-likeness (QED) is 0.392. The number of ether oxygens (including phenoxy) is 1. The van der Waals surface area contributed by atoms with Gasteiger partial charge in [-0.15, -0.1) is 0 Å². The van der Waals surface area contributed by atoms with E-state index >= 15 is 0 Å². The second-order valence-corrected chi connectivity index (χ2v) is 6.62. The highest BCUT2D eigenvalue weighted by molar-refractivity contribution is 5.72. The first-order chi connectivity index (χ1) is 13.6. The Morgan fingerprint density at radius 3 is 2.82 bits per heavy atom. The Morgan fingerprint density at radius 2 is 2.07 bits per heavy atom. The van der Waals surface area contributed by atoms with Gasteiger partial charge < -0.3 is 9.30 Å². The van der Waals surface area contributed by atoms with Crippen LogP contribution >= 0.6 is 0 Å². The molecule has 1 aromatic carbocycles. The van der Waals surface area contributed by atoms with E-state index in [1.165, 1.54) is 13.3 Å². The van der Waals surface area contributed by atoms with Gasteiger partial charge in [0, 0.05) is 36.5 Å². The predicted octanol–water partition coefficient (Wildman–Crippen LogP) is 3.22. The fraction of sp³-hybridized carbons (Fsp3) is 0.227. The second kappa shape index (κ2) is 7.65. The summed E-state index contributed by atoms with van der Waals surface area (Å²) in [4.78, 5) is 20.1. The van der Waals surface area contributed by atoms with Crippen LogP contribution in [0.15, 0.2) is 48.8 Å². The van der Waals surface area contributed by atoms with E-state index in [0.717, 1.165) is 35.5 Å². The molecule has 2 aromatic heterocycles. The van der Waals surface area contributed by atoms with Crippen LogP contribution in [-0.2, 0) is 22.5 Å². The Balaban J connectivity index is 1.52. The molecule has 4 rings (SSSR count). The van der Waals surface area contributed by atoms with E-state index < -0.39 is 5.95 Å². The van der Waals surface area contributed by atoms with Crippen molar-refractivity contribution in [2.24, 2.45) is 5.92 Å². The number of nitrogens with zero attached hydrogens (tertiary/aromatic N) is 3. The molecule has 0 fully saturated rings. The number of imidazole rings is 1. The van der Waals surface area contributed by atoms with Crippen molar-refractivity contribution in [1.29, 1.82) is 0 Å². The van der Waals surface area contributed by atoms with Crippen LogP contribution in [-0.4, -0.2) is 27.6 Å². The molecule has 0 N–H and O–H groups in total. The van der Waals surface area contributed by atoms with Gasteiger partial charge in [0.2, 0.25) is 5.95 Å². The van der Waals surface area contributed by atoms with Crippen molar-refractivity contribution < 1.29 is 13.9 Å². The average Bonchev–Trinajstić information content (AvgIpc) is 3.16. The number of halogens is 1. The molecule has 0 radical (unpaired) electrons. The SMILES string of the molecule is COC(=O)C1CCc2nc(-c3ccc(C#Cc4cccnc4F)cc3)cn2C1. The Labute approximate surface area is 162 Å². The normalized spacial score (nSPS) is 15.3. The number of hydrogen-bond acceptors (Lipinski definition) is 4. The lowest BCUT2D eigenvalue weighted by atomic mass is 10.00. The number of carbonyl (C=O) groups is 1. The molecule has 3 heterocycles. The molecule has 0 saturated heterocycles. The van der Waals surface area contributed by atoms with Crippen LogP contribution in [0.5, 0.6) is 0 Å². The molecule has 0 amide bonds. The largest absolute Gasteiger partial charge is 0.469 e. The summed E-state index contributed by atoms with van der Waals surface area (Å²) in [5.74, 6) is 5.86. The van der Waals surface area contributed by atoms with Gasteiger partial charge in [0.1, 0.15) is 5.82 Å². The van der Waals surface area contributed by atoms with Crippen molar-refractivity contribution in [1.82, 2.24) is 14.5 Å². The molecule has 140 valence electrons. The lowest BCUT2D eigenvalue weighted by Crippen LogP contribution is -2.27. The van der Waals surface area contributed by atoms with Crippen molar-refractivity contribution >= 4 is 5.97 Å². The van der Waals surface area contributed by atoms with Crippen LogP contribution in [0, 0.1) is 23.7 Å². The Hall–Kier alpha value is -3.46. The highest BCUT2D eigenvalue weighted by Gasteiger charge is 2.26. The number of carbonyl (C=O) groups excluding carboxylic acids is 1. The van der Waals surface area contributed by atoms with Gasteiger partial charge in [-0.25, -0.2) is 9.97 Å². The highest BCUT2D eigenvalue weighted by Crippen LogP contribution is 2.25. The maximum Gasteiger partial charge on any atom is 0.310 e. The molecule has 1 unspecified atom stereocenters. The van der Waals surface area contributed by atoms with Gasteiger partial charge >= 0.3 is 5.97 Å². The Kier molecular flexibility index (Phi) is 4.90. The molecular weight excluding hydrogens is 357 g/mol. The second-order valence-electron chi connectivity index (χ2n) is 6.62. The smallest absolute Gasteiger partial charge is 0.310 e. The average molecular weight is 375 g/mol. The van der Waals surface area contributed by atoms with Gasteiger partial charge in [0.05, 0.1) is 24.3 Å². The van der Waals surface area contributed by atoms with Crippen LogP contribution in [0.2, 0.25) is 0 Å². The number of benzene rings is 1. The van der Waals surface area contributed by atoms with Crippen molar-refractivity contribution in [3.05, 3.63) is 71.7 Å². The lowest BCUT2D eigenvalue weighted by Gasteiger charge is -2.21. The number of pyridine rings is 1. The molecule has 0 aliphatic carbocycles. The van der Waals surface area contributed by atoms with Crippen LogP contribution < -0.4 is 0 Å². The first kappa shape index (κ1) is 17.9. The van der Waals surface area contributed by atoms with Gasteiger partial charge in [-0.1, -0.05) is 24.0 Å². The number of hydrogen-bond donors (Lipinski definition) is 0. The molecule has 5 nitrogen and oxygen atoms in total. The summed E-state index contributed by atoms with van der Waals surface area (Å²) in [6.45, 7) is 0.593. The zero-order chi connectivity index (χ0) is 19.5. The number of esters is 1. The number of aryl methyl sites for hydroxylation is 1. The standard InChI is InChI=1S/C22H18FN3O2/c1-28-22(27)18-10-11-20-25-19(14-26(20)13-18)16-7-4-15(5-8-16)6-9-17-3-2-12-24-21(17)23/h2-5,7-8,12,14,18H,10-11,13H2,1H3. The van der Waals surface area contributed by atoms with Crippen molar-refractivity contribution in [3.63, 3.8) is 0 Å². The first-order valence-electron chi connectivity index (χ1n) is 9.01. The molecule has 1 aliphatic rings. The molecule has 0 bridgehead atoms. The number of fused-ring (bicyclic) bond motifs is 1. The Bertz CT molecular complexity index is 1080. The van der Waals surface area contributed by atoms with E-state index in [4.69, 9.17) is 9.72 Å². The van der Waals surface area contributed by atoms with Crippen LogP contribution in [0.3, 0.4) is 0 Å². The van der Waals surface area contributed by atoms with Crippen LogP contribution in [0.25, 0.3) is 11.3 Å². The molecule has 6 heteroatoms. The minimum absolute atomic E-state index is 0.120. The van der Waals surface area contributed by atoms with E-state index in [9.17, 15) is 9.18 Å². The van der Waals surface area contributed by atoms with E-state index in [1.54, 1.807) is 12.1 Å². The molecule has 1 atom stereocenters. The van der Waals surface area contributed by atoms with Gasteiger partial charge in [-0.05, 0) is 30.7 Å². The van der Waals surface area contributed by atoms with Gasteiger partial charge in [0.25, 0.3) is 0 Å². The summed E-state index contributed by atoms with van der Waals surface area (Å²) in [7, 11) is 1.42.